The van der Waals surface area contributed by atoms with Crippen LogP contribution in [-0.4, -0.2) is 10.9 Å². The van der Waals surface area contributed by atoms with E-state index in [0.29, 0.717) is 12.5 Å². The molecule has 1 aliphatic carbocycles. The van der Waals surface area contributed by atoms with Crippen LogP contribution in [0.3, 0.4) is 0 Å². The van der Waals surface area contributed by atoms with Crippen LogP contribution >= 0.6 is 0 Å². The fourth-order valence-electron chi connectivity index (χ4n) is 1.77. The second kappa shape index (κ2) is 4.47. The highest BCUT2D eigenvalue weighted by Crippen LogP contribution is 2.40. The molecule has 0 unspecified atom stereocenters. The summed E-state index contributed by atoms with van der Waals surface area (Å²) in [5, 5.41) is 2.98. The first kappa shape index (κ1) is 12.1. The predicted octanol–water partition coefficient (Wildman–Crippen LogP) is 2.62. The monoisotopic (exact) mass is 232 g/mol. The highest BCUT2D eigenvalue weighted by Gasteiger charge is 2.27. The maximum Gasteiger partial charge on any atom is 0.225 e. The van der Waals surface area contributed by atoms with Crippen LogP contribution in [0.4, 0.5) is 0 Å². The van der Waals surface area contributed by atoms with Crippen molar-refractivity contribution in [1.82, 2.24) is 10.3 Å². The second-order valence-corrected chi connectivity index (χ2v) is 5.75. The molecule has 0 spiro atoms. The first-order valence-electron chi connectivity index (χ1n) is 6.20. The third-order valence-electron chi connectivity index (χ3n) is 3.01. The van der Waals surface area contributed by atoms with Crippen LogP contribution in [0.25, 0.3) is 0 Å². The number of pyridine rings is 1. The standard InChI is InChI=1S/C14H20N2O/c1-14(2,3)13(17)16-9-11-5-4-8-15-12(11)10-6-7-10/h4-5,8,10H,6-7,9H2,1-3H3,(H,16,17). The van der Waals surface area contributed by atoms with Gasteiger partial charge in [-0.1, -0.05) is 26.8 Å². The molecule has 3 heteroatoms. The van der Waals surface area contributed by atoms with E-state index in [1.165, 1.54) is 18.5 Å². The van der Waals surface area contributed by atoms with E-state index < -0.39 is 0 Å². The maximum absolute atomic E-state index is 11.8. The molecule has 1 N–H and O–H groups in total. The van der Waals surface area contributed by atoms with Gasteiger partial charge in [0.05, 0.1) is 0 Å². The van der Waals surface area contributed by atoms with Gasteiger partial charge in [-0.25, -0.2) is 0 Å². The van der Waals surface area contributed by atoms with Gasteiger partial charge in [-0.3, -0.25) is 9.78 Å². The summed E-state index contributed by atoms with van der Waals surface area (Å²) in [5.41, 5.74) is 2.00. The van der Waals surface area contributed by atoms with Gasteiger partial charge in [-0.15, -0.1) is 0 Å². The quantitative estimate of drug-likeness (QED) is 0.870. The lowest BCUT2D eigenvalue weighted by molar-refractivity contribution is -0.128. The summed E-state index contributed by atoms with van der Waals surface area (Å²) in [5.74, 6) is 0.709. The maximum atomic E-state index is 11.8. The molecule has 0 bridgehead atoms. The molecule has 92 valence electrons. The van der Waals surface area contributed by atoms with Crippen molar-refractivity contribution in [3.63, 3.8) is 0 Å². The number of carbonyl (C=O) groups excluding carboxylic acids is 1. The fraction of sp³-hybridized carbons (Fsp3) is 0.571. The molecular formula is C14H20N2O. The zero-order valence-electron chi connectivity index (χ0n) is 10.8. The lowest BCUT2D eigenvalue weighted by atomic mass is 9.95. The third kappa shape index (κ3) is 3.05. The average molecular weight is 232 g/mol. The number of nitrogens with one attached hydrogen (secondary N) is 1. The van der Waals surface area contributed by atoms with Crippen LogP contribution in [0.15, 0.2) is 18.3 Å². The van der Waals surface area contributed by atoms with Crippen molar-refractivity contribution in [1.29, 1.82) is 0 Å². The Morgan fingerprint density at radius 1 is 1.47 bits per heavy atom. The number of nitrogens with zero attached hydrogens (tertiary/aromatic N) is 1. The first-order valence-corrected chi connectivity index (χ1v) is 6.20. The van der Waals surface area contributed by atoms with Crippen LogP contribution in [0.5, 0.6) is 0 Å². The Labute approximate surface area is 103 Å². The molecule has 1 aromatic heterocycles. The Balaban J connectivity index is 2.02. The minimum Gasteiger partial charge on any atom is -0.352 e. The molecule has 0 aromatic carbocycles. The SMILES string of the molecule is CC(C)(C)C(=O)NCc1cccnc1C1CC1. The summed E-state index contributed by atoms with van der Waals surface area (Å²) < 4.78 is 0. The zero-order chi connectivity index (χ0) is 12.5. The van der Waals surface area contributed by atoms with Gasteiger partial charge >= 0.3 is 0 Å². The minimum absolute atomic E-state index is 0.0862. The van der Waals surface area contributed by atoms with Crippen molar-refractivity contribution >= 4 is 5.91 Å². The summed E-state index contributed by atoms with van der Waals surface area (Å²) >= 11 is 0. The van der Waals surface area contributed by atoms with E-state index >= 15 is 0 Å². The summed E-state index contributed by atoms with van der Waals surface area (Å²) in [6, 6.07) is 3.99. The summed E-state index contributed by atoms with van der Waals surface area (Å²) in [6.07, 6.45) is 4.30. The van der Waals surface area contributed by atoms with Crippen molar-refractivity contribution in [3.8, 4) is 0 Å². The predicted molar refractivity (Wildman–Crippen MR) is 67.5 cm³/mol. The third-order valence-corrected chi connectivity index (χ3v) is 3.01. The molecule has 0 atom stereocenters. The molecule has 0 radical (unpaired) electrons. The van der Waals surface area contributed by atoms with Crippen LogP contribution in [0.2, 0.25) is 0 Å². The van der Waals surface area contributed by atoms with E-state index in [9.17, 15) is 4.79 Å². The Morgan fingerprint density at radius 3 is 2.76 bits per heavy atom. The summed E-state index contributed by atoms with van der Waals surface area (Å²) in [6.45, 7) is 6.36. The van der Waals surface area contributed by atoms with Gasteiger partial charge < -0.3 is 5.32 Å². The number of rotatable bonds is 3. The van der Waals surface area contributed by atoms with E-state index in [1.807, 2.05) is 33.0 Å². The first-order chi connectivity index (χ1) is 7.98. The second-order valence-electron chi connectivity index (χ2n) is 5.75. The zero-order valence-corrected chi connectivity index (χ0v) is 10.8. The van der Waals surface area contributed by atoms with Crippen molar-refractivity contribution in [2.45, 2.75) is 46.1 Å². The molecule has 2 rings (SSSR count). The van der Waals surface area contributed by atoms with Crippen molar-refractivity contribution in [2.75, 3.05) is 0 Å². The van der Waals surface area contributed by atoms with Crippen LogP contribution < -0.4 is 5.32 Å². The molecule has 1 fully saturated rings. The van der Waals surface area contributed by atoms with Gasteiger partial charge in [0, 0.05) is 29.8 Å². The van der Waals surface area contributed by atoms with Crippen molar-refractivity contribution < 1.29 is 4.79 Å². The Bertz CT molecular complexity index is 416. The van der Waals surface area contributed by atoms with Gasteiger partial charge in [0.1, 0.15) is 0 Å². The molecule has 0 saturated heterocycles. The number of aromatic nitrogens is 1. The topological polar surface area (TPSA) is 42.0 Å². The molecule has 1 amide bonds. The van der Waals surface area contributed by atoms with E-state index in [2.05, 4.69) is 16.4 Å². The molecule has 0 aliphatic heterocycles. The molecular weight excluding hydrogens is 212 g/mol. The van der Waals surface area contributed by atoms with Gasteiger partial charge in [0.2, 0.25) is 5.91 Å². The normalized spacial score (nSPS) is 15.7. The minimum atomic E-state index is -0.331. The van der Waals surface area contributed by atoms with E-state index in [-0.39, 0.29) is 11.3 Å². The van der Waals surface area contributed by atoms with Gasteiger partial charge in [0.25, 0.3) is 0 Å². The van der Waals surface area contributed by atoms with E-state index in [1.54, 1.807) is 0 Å². The van der Waals surface area contributed by atoms with E-state index in [0.717, 1.165) is 5.56 Å². The van der Waals surface area contributed by atoms with Crippen LogP contribution in [0.1, 0.15) is 50.8 Å². The fourth-order valence-corrected chi connectivity index (χ4v) is 1.77. The van der Waals surface area contributed by atoms with Gasteiger partial charge in [-0.2, -0.15) is 0 Å². The molecule has 1 aliphatic rings. The van der Waals surface area contributed by atoms with Crippen molar-refractivity contribution in [3.05, 3.63) is 29.6 Å². The highest BCUT2D eigenvalue weighted by molar-refractivity contribution is 5.81. The lowest BCUT2D eigenvalue weighted by Crippen LogP contribution is -2.34. The Morgan fingerprint density at radius 2 is 2.18 bits per heavy atom. The molecule has 1 saturated carbocycles. The molecule has 17 heavy (non-hydrogen) atoms. The van der Waals surface area contributed by atoms with Crippen LogP contribution in [0, 0.1) is 5.41 Å². The Kier molecular flexibility index (Phi) is 3.18. The smallest absolute Gasteiger partial charge is 0.225 e. The number of carbonyl (C=O) groups is 1. The Hall–Kier alpha value is -1.38. The summed E-state index contributed by atoms with van der Waals surface area (Å²) in [7, 11) is 0. The molecule has 3 nitrogen and oxygen atoms in total. The number of amides is 1. The van der Waals surface area contributed by atoms with Crippen molar-refractivity contribution in [2.24, 2.45) is 5.41 Å². The largest absolute Gasteiger partial charge is 0.352 e. The highest BCUT2D eigenvalue weighted by atomic mass is 16.2. The molecule has 1 heterocycles. The lowest BCUT2D eigenvalue weighted by Gasteiger charge is -2.18. The van der Waals surface area contributed by atoms with Gasteiger partial charge in [0.15, 0.2) is 0 Å². The van der Waals surface area contributed by atoms with E-state index in [4.69, 9.17) is 0 Å². The summed E-state index contributed by atoms with van der Waals surface area (Å²) in [4.78, 5) is 16.2. The average Bonchev–Trinajstić information content (AvgIpc) is 3.08. The van der Waals surface area contributed by atoms with Gasteiger partial charge in [-0.05, 0) is 24.5 Å². The molecule has 1 aromatic rings. The van der Waals surface area contributed by atoms with Crippen LogP contribution in [-0.2, 0) is 11.3 Å². The number of hydrogen-bond acceptors (Lipinski definition) is 2. The number of hydrogen-bond donors (Lipinski definition) is 1.